The second kappa shape index (κ2) is 6.39. The molecule has 1 heterocycles. The SMILES string of the molecule is Cc1ccc2c(COC(=O)c3ccc(C#N)cc3)cc(=O)oc2c1. The number of carbonyl (C=O) groups excluding carboxylic acids is 1. The lowest BCUT2D eigenvalue weighted by molar-refractivity contribution is 0.0474. The molecule has 0 N–H and O–H groups in total. The van der Waals surface area contributed by atoms with Crippen molar-refractivity contribution in [3.63, 3.8) is 0 Å². The van der Waals surface area contributed by atoms with Gasteiger partial charge in [0.25, 0.3) is 0 Å². The summed E-state index contributed by atoms with van der Waals surface area (Å²) in [5.41, 5.74) is 2.34. The van der Waals surface area contributed by atoms with Crippen molar-refractivity contribution < 1.29 is 13.9 Å². The highest BCUT2D eigenvalue weighted by atomic mass is 16.5. The van der Waals surface area contributed by atoms with Crippen molar-refractivity contribution in [2.24, 2.45) is 0 Å². The van der Waals surface area contributed by atoms with Crippen molar-refractivity contribution in [2.45, 2.75) is 13.5 Å². The highest BCUT2D eigenvalue weighted by molar-refractivity contribution is 5.89. The predicted octanol–water partition coefficient (Wildman–Crippen LogP) is 3.33. The third kappa shape index (κ3) is 3.18. The summed E-state index contributed by atoms with van der Waals surface area (Å²) in [5.74, 6) is -0.520. The predicted molar refractivity (Wildman–Crippen MR) is 87.5 cm³/mol. The molecule has 0 saturated heterocycles. The Morgan fingerprint density at radius 3 is 2.62 bits per heavy atom. The Bertz CT molecular complexity index is 1010. The van der Waals surface area contributed by atoms with Gasteiger partial charge in [-0.15, -0.1) is 0 Å². The zero-order valence-electron chi connectivity index (χ0n) is 12.9. The number of esters is 1. The third-order valence-electron chi connectivity index (χ3n) is 3.59. The summed E-state index contributed by atoms with van der Waals surface area (Å²) >= 11 is 0. The molecule has 0 unspecified atom stereocenters. The molecule has 5 nitrogen and oxygen atoms in total. The molecule has 0 bridgehead atoms. The maximum absolute atomic E-state index is 12.1. The number of fused-ring (bicyclic) bond motifs is 1. The van der Waals surface area contributed by atoms with Crippen LogP contribution in [0, 0.1) is 18.3 Å². The van der Waals surface area contributed by atoms with E-state index < -0.39 is 11.6 Å². The van der Waals surface area contributed by atoms with Crippen LogP contribution in [0.1, 0.15) is 27.0 Å². The number of aryl methyl sites for hydroxylation is 1. The molecule has 5 heteroatoms. The van der Waals surface area contributed by atoms with Gasteiger partial charge >= 0.3 is 11.6 Å². The lowest BCUT2D eigenvalue weighted by Gasteiger charge is -2.08. The van der Waals surface area contributed by atoms with Crippen LogP contribution >= 0.6 is 0 Å². The van der Waals surface area contributed by atoms with Gasteiger partial charge in [-0.1, -0.05) is 12.1 Å². The van der Waals surface area contributed by atoms with Crippen molar-refractivity contribution >= 4 is 16.9 Å². The smallest absolute Gasteiger partial charge is 0.338 e. The van der Waals surface area contributed by atoms with Gasteiger partial charge in [-0.25, -0.2) is 9.59 Å². The maximum atomic E-state index is 12.1. The van der Waals surface area contributed by atoms with E-state index in [9.17, 15) is 9.59 Å². The van der Waals surface area contributed by atoms with Gasteiger partial charge in [-0.2, -0.15) is 5.26 Å². The second-order valence-corrected chi connectivity index (χ2v) is 5.36. The van der Waals surface area contributed by atoms with Crippen LogP contribution in [0.4, 0.5) is 0 Å². The zero-order valence-corrected chi connectivity index (χ0v) is 12.9. The highest BCUT2D eigenvalue weighted by Crippen LogP contribution is 2.19. The normalized spacial score (nSPS) is 10.3. The van der Waals surface area contributed by atoms with Crippen LogP contribution in [0.2, 0.25) is 0 Å². The molecule has 0 aliphatic carbocycles. The van der Waals surface area contributed by atoms with Crippen molar-refractivity contribution in [1.29, 1.82) is 5.26 Å². The van der Waals surface area contributed by atoms with E-state index in [4.69, 9.17) is 14.4 Å². The fourth-order valence-corrected chi connectivity index (χ4v) is 2.36. The Hall–Kier alpha value is -3.39. The van der Waals surface area contributed by atoms with Gasteiger partial charge in [0, 0.05) is 17.0 Å². The Kier molecular flexibility index (Phi) is 4.13. The average molecular weight is 319 g/mol. The van der Waals surface area contributed by atoms with Crippen LogP contribution in [0.25, 0.3) is 11.0 Å². The van der Waals surface area contributed by atoms with Gasteiger partial charge in [-0.3, -0.25) is 0 Å². The zero-order chi connectivity index (χ0) is 17.1. The third-order valence-corrected chi connectivity index (χ3v) is 3.59. The van der Waals surface area contributed by atoms with Gasteiger partial charge in [0.15, 0.2) is 0 Å². The summed E-state index contributed by atoms with van der Waals surface area (Å²) in [4.78, 5) is 23.7. The molecule has 0 aliphatic rings. The molecule has 0 saturated carbocycles. The van der Waals surface area contributed by atoms with Gasteiger partial charge < -0.3 is 9.15 Å². The van der Waals surface area contributed by atoms with Crippen LogP contribution in [-0.4, -0.2) is 5.97 Å². The summed E-state index contributed by atoms with van der Waals surface area (Å²) in [6.45, 7) is 1.86. The van der Waals surface area contributed by atoms with E-state index in [2.05, 4.69) is 0 Å². The minimum Gasteiger partial charge on any atom is -0.457 e. The van der Waals surface area contributed by atoms with Crippen LogP contribution in [0.5, 0.6) is 0 Å². The Morgan fingerprint density at radius 2 is 1.92 bits per heavy atom. The number of hydrogen-bond donors (Lipinski definition) is 0. The summed E-state index contributed by atoms with van der Waals surface area (Å²) < 4.78 is 10.5. The van der Waals surface area contributed by atoms with Crippen molar-refractivity contribution in [2.75, 3.05) is 0 Å². The first-order chi connectivity index (χ1) is 11.6. The largest absolute Gasteiger partial charge is 0.457 e. The number of carbonyl (C=O) groups is 1. The number of nitrogens with zero attached hydrogens (tertiary/aromatic N) is 1. The maximum Gasteiger partial charge on any atom is 0.338 e. The van der Waals surface area contributed by atoms with Gasteiger partial charge in [-0.05, 0) is 42.8 Å². The molecule has 2 aromatic carbocycles. The number of hydrogen-bond acceptors (Lipinski definition) is 5. The molecule has 0 atom stereocenters. The summed E-state index contributed by atoms with van der Waals surface area (Å²) in [5, 5.41) is 9.49. The lowest BCUT2D eigenvalue weighted by atomic mass is 10.1. The van der Waals surface area contributed by atoms with Gasteiger partial charge in [0.05, 0.1) is 17.2 Å². The van der Waals surface area contributed by atoms with Crippen LogP contribution in [0.15, 0.2) is 57.7 Å². The van der Waals surface area contributed by atoms with Gasteiger partial charge in [0.2, 0.25) is 0 Å². The quantitative estimate of drug-likeness (QED) is 0.546. The average Bonchev–Trinajstić information content (AvgIpc) is 2.59. The molecule has 0 spiro atoms. The summed E-state index contributed by atoms with van der Waals surface area (Å²) in [6, 6.07) is 15.0. The molecule has 0 amide bonds. The highest BCUT2D eigenvalue weighted by Gasteiger charge is 2.11. The summed E-state index contributed by atoms with van der Waals surface area (Å²) in [6.07, 6.45) is 0. The van der Waals surface area contributed by atoms with Crippen LogP contribution in [0.3, 0.4) is 0 Å². The van der Waals surface area contributed by atoms with E-state index in [-0.39, 0.29) is 6.61 Å². The molecule has 24 heavy (non-hydrogen) atoms. The molecular formula is C19H13NO4. The van der Waals surface area contributed by atoms with Crippen molar-refractivity contribution in [3.8, 4) is 6.07 Å². The van der Waals surface area contributed by atoms with E-state index in [0.29, 0.717) is 22.3 Å². The standard InChI is InChI=1S/C19H13NO4/c1-12-2-7-16-15(9-18(21)24-17(16)8-12)11-23-19(22)14-5-3-13(10-20)4-6-14/h2-9H,11H2,1H3. The Balaban J connectivity index is 1.83. The van der Waals surface area contributed by atoms with Crippen LogP contribution < -0.4 is 5.63 Å². The molecule has 3 aromatic rings. The first-order valence-corrected chi connectivity index (χ1v) is 7.27. The minimum absolute atomic E-state index is 0.0377. The second-order valence-electron chi connectivity index (χ2n) is 5.36. The number of nitriles is 1. The molecule has 0 aliphatic heterocycles. The lowest BCUT2D eigenvalue weighted by Crippen LogP contribution is -2.08. The van der Waals surface area contributed by atoms with Crippen molar-refractivity contribution in [1.82, 2.24) is 0 Å². The molecule has 118 valence electrons. The first kappa shape index (κ1) is 15.5. The summed E-state index contributed by atoms with van der Waals surface area (Å²) in [7, 11) is 0. The number of ether oxygens (including phenoxy) is 1. The molecule has 1 aromatic heterocycles. The topological polar surface area (TPSA) is 80.3 Å². The first-order valence-electron chi connectivity index (χ1n) is 7.27. The van der Waals surface area contributed by atoms with E-state index in [1.807, 2.05) is 25.1 Å². The Labute approximate surface area is 137 Å². The molecule has 3 rings (SSSR count). The fourth-order valence-electron chi connectivity index (χ4n) is 2.36. The van der Waals surface area contributed by atoms with E-state index in [1.165, 1.54) is 18.2 Å². The number of rotatable bonds is 3. The van der Waals surface area contributed by atoms with Crippen molar-refractivity contribution in [3.05, 3.63) is 81.2 Å². The molecular weight excluding hydrogens is 306 g/mol. The van der Waals surface area contributed by atoms with Crippen LogP contribution in [-0.2, 0) is 11.3 Å². The number of benzene rings is 2. The monoisotopic (exact) mass is 319 g/mol. The Morgan fingerprint density at radius 1 is 1.17 bits per heavy atom. The minimum atomic E-state index is -0.520. The fraction of sp³-hybridized carbons (Fsp3) is 0.105. The van der Waals surface area contributed by atoms with E-state index in [1.54, 1.807) is 18.2 Å². The molecule has 0 radical (unpaired) electrons. The van der Waals surface area contributed by atoms with Gasteiger partial charge in [0.1, 0.15) is 12.2 Å². The van der Waals surface area contributed by atoms with E-state index >= 15 is 0 Å². The molecule has 0 fully saturated rings. The van der Waals surface area contributed by atoms with E-state index in [0.717, 1.165) is 10.9 Å².